The molecule has 0 aromatic carbocycles. The number of nitrogens with one attached hydrogen (secondary N) is 2. The van der Waals surface area contributed by atoms with Crippen molar-refractivity contribution in [3.05, 3.63) is 5.73 Å². The lowest BCUT2D eigenvalue weighted by atomic mass is 9.72. The highest BCUT2D eigenvalue weighted by molar-refractivity contribution is 5.84. The average Bonchev–Trinajstić information content (AvgIpc) is 3.60. The van der Waals surface area contributed by atoms with Gasteiger partial charge in [0.15, 0.2) is 0 Å². The number of amides is 2. The second-order valence-corrected chi connectivity index (χ2v) is 10.8. The van der Waals surface area contributed by atoms with Crippen molar-refractivity contribution in [2.24, 2.45) is 11.3 Å². The first-order chi connectivity index (χ1) is 15.4. The molecule has 1 atom stereocenters. The average molecular weight is 469 g/mol. The maximum absolute atomic E-state index is 13.5. The lowest BCUT2D eigenvalue weighted by Gasteiger charge is -2.53. The van der Waals surface area contributed by atoms with Gasteiger partial charge in [0.25, 0.3) is 0 Å². The zero-order valence-corrected chi connectivity index (χ0v) is 19.6. The number of likely N-dealkylation sites (tertiary alicyclic amines) is 2. The van der Waals surface area contributed by atoms with E-state index in [1.165, 1.54) is 38.8 Å². The van der Waals surface area contributed by atoms with Crippen LogP contribution in [-0.4, -0.2) is 76.6 Å². The summed E-state index contributed by atoms with van der Waals surface area (Å²) in [7, 11) is 0. The number of halogens is 2. The van der Waals surface area contributed by atoms with E-state index in [2.05, 4.69) is 10.2 Å². The number of carbonyl (C=O) groups excluding carboxylic acids is 1. The second kappa shape index (κ2) is 9.71. The van der Waals surface area contributed by atoms with Crippen molar-refractivity contribution >= 4 is 12.0 Å². The van der Waals surface area contributed by atoms with Crippen LogP contribution in [-0.2, 0) is 4.79 Å². The number of hydrogen-bond acceptors (Lipinski definition) is 4. The Morgan fingerprint density at radius 3 is 2.18 bits per heavy atom. The van der Waals surface area contributed by atoms with Crippen LogP contribution in [0.15, 0.2) is 0 Å². The maximum atomic E-state index is 13.5. The lowest BCUT2D eigenvalue weighted by molar-refractivity contribution is -0.124. The predicted molar refractivity (Wildman–Crippen MR) is 119 cm³/mol. The molecule has 33 heavy (non-hydrogen) atoms. The summed E-state index contributed by atoms with van der Waals surface area (Å²) in [6, 6.07) is 1.28. The van der Waals surface area contributed by atoms with Gasteiger partial charge in [0.1, 0.15) is 5.54 Å². The number of alkyl halides is 2. The summed E-state index contributed by atoms with van der Waals surface area (Å²) in [5, 5.41) is 19.9. The molecule has 2 heterocycles. The monoisotopic (exact) mass is 468 g/mol. The molecule has 0 aromatic rings. The Hall–Kier alpha value is -1.99. The molecule has 3 N–H and O–H groups in total. The van der Waals surface area contributed by atoms with Gasteiger partial charge in [-0.3, -0.25) is 4.79 Å². The highest BCUT2D eigenvalue weighted by Gasteiger charge is 2.48. The van der Waals surface area contributed by atoms with E-state index in [1.807, 2.05) is 6.07 Å². The van der Waals surface area contributed by atoms with E-state index < -0.39 is 35.9 Å². The molecular formula is C23H36F2N5O3-. The number of carbonyl (C=O) groups is 2. The van der Waals surface area contributed by atoms with Crippen LogP contribution >= 0.6 is 0 Å². The first kappa shape index (κ1) is 25.6. The Morgan fingerprint density at radius 2 is 1.76 bits per heavy atom. The van der Waals surface area contributed by atoms with Crippen molar-refractivity contribution in [3.63, 3.8) is 0 Å². The summed E-state index contributed by atoms with van der Waals surface area (Å²) in [5.74, 6) is -3.98. The Kier molecular flexibility index (Phi) is 7.54. The van der Waals surface area contributed by atoms with Gasteiger partial charge in [0, 0.05) is 37.4 Å². The first-order valence-corrected chi connectivity index (χ1v) is 11.9. The van der Waals surface area contributed by atoms with E-state index in [0.717, 1.165) is 19.1 Å². The van der Waals surface area contributed by atoms with E-state index in [1.54, 1.807) is 18.7 Å². The fraction of sp³-hybridized carbons (Fsp3) is 0.870. The van der Waals surface area contributed by atoms with Crippen LogP contribution in [0.3, 0.4) is 0 Å². The van der Waals surface area contributed by atoms with Crippen molar-refractivity contribution < 1.29 is 23.5 Å². The lowest BCUT2D eigenvalue weighted by Crippen LogP contribution is -2.61. The molecule has 0 aromatic heterocycles. The van der Waals surface area contributed by atoms with Crippen LogP contribution in [0.25, 0.3) is 5.73 Å². The van der Waals surface area contributed by atoms with Gasteiger partial charge in [-0.2, -0.15) is 5.26 Å². The van der Waals surface area contributed by atoms with Gasteiger partial charge in [-0.05, 0) is 57.5 Å². The van der Waals surface area contributed by atoms with Gasteiger partial charge in [-0.15, -0.1) is 0 Å². The molecule has 4 rings (SSSR count). The minimum Gasteiger partial charge on any atom is -0.667 e. The van der Waals surface area contributed by atoms with E-state index >= 15 is 0 Å². The highest BCUT2D eigenvalue weighted by atomic mass is 19.3. The normalized spacial score (nSPS) is 24.2. The molecule has 8 nitrogen and oxygen atoms in total. The number of hydrogen-bond donors (Lipinski definition) is 2. The molecule has 1 spiro atoms. The highest BCUT2D eigenvalue weighted by Crippen LogP contribution is 2.42. The molecule has 4 aliphatic rings. The standard InChI is InChI=1S/C12H18F2N3O.C11H18N2O2/c1-8(2)5-12(13,14)6-9(16)10(18)17-11(7-15)3-4-11;14-10(15)13-7-11(8-13)3-5-12(6-4-11)9-1-2-9/h8-9,16H,3-6H2,1-2H3,(H,17,18);9H,1-8H2,(H,14,15)/q-1;/t9-;/m0./s1. The summed E-state index contributed by atoms with van der Waals surface area (Å²) in [5.41, 5.74) is 6.91. The van der Waals surface area contributed by atoms with Gasteiger partial charge in [-0.25, -0.2) is 13.6 Å². The van der Waals surface area contributed by atoms with E-state index in [-0.39, 0.29) is 12.3 Å². The topological polar surface area (TPSA) is 120 Å². The van der Waals surface area contributed by atoms with Gasteiger partial charge in [-0.1, -0.05) is 19.9 Å². The fourth-order valence-electron chi connectivity index (χ4n) is 4.80. The van der Waals surface area contributed by atoms with Gasteiger partial charge < -0.3 is 26.0 Å². The van der Waals surface area contributed by atoms with E-state index in [9.17, 15) is 18.4 Å². The van der Waals surface area contributed by atoms with Crippen molar-refractivity contribution in [2.45, 2.75) is 88.8 Å². The van der Waals surface area contributed by atoms with Gasteiger partial charge >= 0.3 is 6.09 Å². The molecule has 186 valence electrons. The van der Waals surface area contributed by atoms with E-state index in [0.29, 0.717) is 18.3 Å². The number of carboxylic acid groups (broad SMARTS) is 1. The van der Waals surface area contributed by atoms with Crippen molar-refractivity contribution in [3.8, 4) is 6.07 Å². The number of rotatable bonds is 7. The fourth-order valence-corrected chi connectivity index (χ4v) is 4.80. The molecule has 4 fully saturated rings. The Morgan fingerprint density at radius 1 is 1.18 bits per heavy atom. The maximum Gasteiger partial charge on any atom is 0.407 e. The third-order valence-electron chi connectivity index (χ3n) is 7.10. The molecule has 2 amide bonds. The van der Waals surface area contributed by atoms with E-state index in [4.69, 9.17) is 16.1 Å². The third-order valence-corrected chi connectivity index (χ3v) is 7.10. The van der Waals surface area contributed by atoms with Crippen LogP contribution < -0.4 is 5.32 Å². The van der Waals surface area contributed by atoms with Crippen LogP contribution in [0.2, 0.25) is 0 Å². The van der Waals surface area contributed by atoms with Crippen LogP contribution in [0.4, 0.5) is 13.6 Å². The summed E-state index contributed by atoms with van der Waals surface area (Å²) < 4.78 is 26.9. The zero-order valence-electron chi connectivity index (χ0n) is 19.6. The molecule has 2 saturated heterocycles. The predicted octanol–water partition coefficient (Wildman–Crippen LogP) is 3.88. The molecule has 0 unspecified atom stereocenters. The smallest absolute Gasteiger partial charge is 0.407 e. The minimum atomic E-state index is -3.01. The molecule has 0 radical (unpaired) electrons. The Labute approximate surface area is 194 Å². The molecule has 2 saturated carbocycles. The van der Waals surface area contributed by atoms with Gasteiger partial charge in [0.05, 0.1) is 6.07 Å². The zero-order chi connectivity index (χ0) is 24.4. The number of piperidine rings is 1. The number of nitrogens with zero attached hydrogens (tertiary/aromatic N) is 3. The van der Waals surface area contributed by atoms with Crippen LogP contribution in [0, 0.1) is 22.7 Å². The summed E-state index contributed by atoms with van der Waals surface area (Å²) in [6.07, 6.45) is 4.36. The Bertz CT molecular complexity index is 761. The molecule has 10 heteroatoms. The molecule has 2 aliphatic carbocycles. The summed E-state index contributed by atoms with van der Waals surface area (Å²) >= 11 is 0. The summed E-state index contributed by atoms with van der Waals surface area (Å²) in [4.78, 5) is 26.4. The molecular weight excluding hydrogens is 432 g/mol. The Balaban J connectivity index is 0.000000188. The third kappa shape index (κ3) is 7.00. The van der Waals surface area contributed by atoms with Crippen LogP contribution in [0.1, 0.15) is 65.2 Å². The first-order valence-electron chi connectivity index (χ1n) is 11.9. The van der Waals surface area contributed by atoms with Crippen molar-refractivity contribution in [2.75, 3.05) is 26.2 Å². The molecule has 0 bridgehead atoms. The summed E-state index contributed by atoms with van der Waals surface area (Å²) in [6.45, 7) is 7.28. The van der Waals surface area contributed by atoms with Crippen molar-refractivity contribution in [1.82, 2.24) is 15.1 Å². The largest absolute Gasteiger partial charge is 0.667 e. The second-order valence-electron chi connectivity index (χ2n) is 10.8. The van der Waals surface area contributed by atoms with Gasteiger partial charge in [0.2, 0.25) is 11.8 Å². The molecule has 2 aliphatic heterocycles. The quantitative estimate of drug-likeness (QED) is 0.587. The SMILES string of the molecule is CC(C)CC(F)(F)C[C@H]([NH-])C(=O)NC1(C#N)CC1.O=C(O)N1CC2(CCN(C3CC3)CC2)C1. The van der Waals surface area contributed by atoms with Crippen molar-refractivity contribution in [1.29, 1.82) is 5.26 Å². The van der Waals surface area contributed by atoms with Crippen LogP contribution in [0.5, 0.6) is 0 Å². The minimum absolute atomic E-state index is 0.191. The number of nitriles is 1.